The minimum absolute atomic E-state index is 0.359. The van der Waals surface area contributed by atoms with Crippen LogP contribution in [0.3, 0.4) is 0 Å². The first kappa shape index (κ1) is 17.1. The normalized spacial score (nSPS) is 17.0. The highest BCUT2D eigenvalue weighted by Gasteiger charge is 2.23. The van der Waals surface area contributed by atoms with Gasteiger partial charge in [-0.2, -0.15) is 0 Å². The summed E-state index contributed by atoms with van der Waals surface area (Å²) in [6.07, 6.45) is 8.92. The van der Waals surface area contributed by atoms with Gasteiger partial charge >= 0.3 is 0 Å². The van der Waals surface area contributed by atoms with E-state index >= 15 is 0 Å². The molecule has 1 heteroatoms. The number of allylic oxidation sites excluding steroid dienone is 1. The van der Waals surface area contributed by atoms with Crippen LogP contribution in [-0.4, -0.2) is 6.10 Å². The molecule has 0 aliphatic carbocycles. The standard InChI is InChI=1S/C21H32O/c1-14(2)10-8-7-9-11-19-16(4)17(5)21-20(18(19)6)13-12-15(3)22-21/h15H,1,7-13H2,2-6H3. The van der Waals surface area contributed by atoms with Gasteiger partial charge in [0.1, 0.15) is 5.75 Å². The van der Waals surface area contributed by atoms with Crippen molar-refractivity contribution in [1.29, 1.82) is 0 Å². The Morgan fingerprint density at radius 2 is 1.82 bits per heavy atom. The lowest BCUT2D eigenvalue weighted by atomic mass is 9.86. The number of benzene rings is 1. The van der Waals surface area contributed by atoms with Crippen molar-refractivity contribution in [2.24, 2.45) is 0 Å². The number of hydrogen-bond donors (Lipinski definition) is 0. The van der Waals surface area contributed by atoms with Gasteiger partial charge in [-0.15, -0.1) is 6.58 Å². The lowest BCUT2D eigenvalue weighted by Gasteiger charge is -2.29. The highest BCUT2D eigenvalue weighted by Crippen LogP contribution is 2.38. The first-order valence-electron chi connectivity index (χ1n) is 8.84. The van der Waals surface area contributed by atoms with Gasteiger partial charge in [0, 0.05) is 0 Å². The molecule has 0 N–H and O–H groups in total. The van der Waals surface area contributed by atoms with E-state index in [1.807, 2.05) is 0 Å². The first-order chi connectivity index (χ1) is 10.4. The van der Waals surface area contributed by atoms with Crippen LogP contribution in [0, 0.1) is 20.8 Å². The number of unbranched alkanes of at least 4 members (excludes halogenated alkanes) is 2. The third-order valence-electron chi connectivity index (χ3n) is 5.19. The van der Waals surface area contributed by atoms with Gasteiger partial charge < -0.3 is 4.74 Å². The highest BCUT2D eigenvalue weighted by atomic mass is 16.5. The van der Waals surface area contributed by atoms with Gasteiger partial charge in [0.2, 0.25) is 0 Å². The van der Waals surface area contributed by atoms with E-state index in [9.17, 15) is 0 Å². The van der Waals surface area contributed by atoms with E-state index in [1.165, 1.54) is 72.1 Å². The van der Waals surface area contributed by atoms with Gasteiger partial charge in [0.15, 0.2) is 0 Å². The molecular weight excluding hydrogens is 268 g/mol. The third kappa shape index (κ3) is 3.74. The van der Waals surface area contributed by atoms with Crippen molar-refractivity contribution in [1.82, 2.24) is 0 Å². The third-order valence-corrected chi connectivity index (χ3v) is 5.19. The van der Waals surface area contributed by atoms with Gasteiger partial charge in [0.05, 0.1) is 6.10 Å². The Morgan fingerprint density at radius 3 is 2.50 bits per heavy atom. The maximum absolute atomic E-state index is 6.14. The van der Waals surface area contributed by atoms with E-state index in [0.717, 1.165) is 6.42 Å². The van der Waals surface area contributed by atoms with Crippen LogP contribution >= 0.6 is 0 Å². The summed E-state index contributed by atoms with van der Waals surface area (Å²) in [5, 5.41) is 0. The Balaban J connectivity index is 2.12. The van der Waals surface area contributed by atoms with Crippen LogP contribution in [0.15, 0.2) is 12.2 Å². The molecule has 0 spiro atoms. The Labute approximate surface area is 136 Å². The molecule has 1 heterocycles. The molecule has 0 saturated carbocycles. The van der Waals surface area contributed by atoms with Crippen LogP contribution < -0.4 is 4.74 Å². The van der Waals surface area contributed by atoms with Crippen LogP contribution in [-0.2, 0) is 12.8 Å². The maximum atomic E-state index is 6.14. The van der Waals surface area contributed by atoms with Crippen molar-refractivity contribution in [3.63, 3.8) is 0 Å². The molecule has 0 bridgehead atoms. The predicted molar refractivity (Wildman–Crippen MR) is 96.1 cm³/mol. The van der Waals surface area contributed by atoms with Crippen molar-refractivity contribution < 1.29 is 4.74 Å². The fraction of sp³-hybridized carbons (Fsp3) is 0.619. The zero-order valence-electron chi connectivity index (χ0n) is 15.1. The van der Waals surface area contributed by atoms with Crippen LogP contribution in [0.1, 0.15) is 73.8 Å². The van der Waals surface area contributed by atoms with Crippen LogP contribution in [0.5, 0.6) is 5.75 Å². The lowest BCUT2D eigenvalue weighted by Crippen LogP contribution is -2.21. The smallest absolute Gasteiger partial charge is 0.126 e. The number of hydrogen-bond acceptors (Lipinski definition) is 1. The summed E-state index contributed by atoms with van der Waals surface area (Å²) >= 11 is 0. The fourth-order valence-electron chi connectivity index (χ4n) is 3.61. The Bertz CT molecular complexity index is 554. The Hall–Kier alpha value is -1.24. The quantitative estimate of drug-likeness (QED) is 0.462. The molecule has 2 rings (SSSR count). The van der Waals surface area contributed by atoms with E-state index in [-0.39, 0.29) is 0 Å². The van der Waals surface area contributed by atoms with E-state index in [4.69, 9.17) is 4.74 Å². The molecule has 1 aliphatic rings. The topological polar surface area (TPSA) is 9.23 Å². The van der Waals surface area contributed by atoms with Crippen LogP contribution in [0.4, 0.5) is 0 Å². The number of fused-ring (bicyclic) bond motifs is 1. The van der Waals surface area contributed by atoms with Crippen LogP contribution in [0.25, 0.3) is 0 Å². The van der Waals surface area contributed by atoms with Crippen molar-refractivity contribution in [3.05, 3.63) is 40.0 Å². The monoisotopic (exact) mass is 300 g/mol. The van der Waals surface area contributed by atoms with Gasteiger partial charge in [0.25, 0.3) is 0 Å². The molecule has 0 aromatic heterocycles. The van der Waals surface area contributed by atoms with Crippen molar-refractivity contribution >= 4 is 0 Å². The minimum Gasteiger partial charge on any atom is -0.490 e. The average molecular weight is 300 g/mol. The molecule has 22 heavy (non-hydrogen) atoms. The van der Waals surface area contributed by atoms with Crippen molar-refractivity contribution in [2.75, 3.05) is 0 Å². The summed E-state index contributed by atoms with van der Waals surface area (Å²) < 4.78 is 6.14. The van der Waals surface area contributed by atoms with E-state index < -0.39 is 0 Å². The van der Waals surface area contributed by atoms with Crippen LogP contribution in [0.2, 0.25) is 0 Å². The van der Waals surface area contributed by atoms with E-state index in [1.54, 1.807) is 5.56 Å². The molecule has 0 saturated heterocycles. The molecule has 0 fully saturated rings. The summed E-state index contributed by atoms with van der Waals surface area (Å²) in [5.74, 6) is 1.18. The lowest BCUT2D eigenvalue weighted by molar-refractivity contribution is 0.190. The molecule has 1 aliphatic heterocycles. The summed E-state index contributed by atoms with van der Waals surface area (Å²) in [4.78, 5) is 0. The van der Waals surface area contributed by atoms with Gasteiger partial charge in [-0.05, 0) is 101 Å². The molecule has 1 unspecified atom stereocenters. The number of rotatable bonds is 6. The highest BCUT2D eigenvalue weighted by molar-refractivity contribution is 5.55. The average Bonchev–Trinajstić information content (AvgIpc) is 2.47. The fourth-order valence-corrected chi connectivity index (χ4v) is 3.61. The maximum Gasteiger partial charge on any atom is 0.126 e. The molecular formula is C21H32O. The van der Waals surface area contributed by atoms with Gasteiger partial charge in [-0.3, -0.25) is 0 Å². The molecule has 122 valence electrons. The van der Waals surface area contributed by atoms with Crippen molar-refractivity contribution in [3.8, 4) is 5.75 Å². The second-order valence-electron chi connectivity index (χ2n) is 7.15. The minimum atomic E-state index is 0.359. The molecule has 1 aromatic carbocycles. The van der Waals surface area contributed by atoms with E-state index in [2.05, 4.69) is 41.2 Å². The largest absolute Gasteiger partial charge is 0.490 e. The molecule has 0 amide bonds. The van der Waals surface area contributed by atoms with Crippen molar-refractivity contribution in [2.45, 2.75) is 85.7 Å². The molecule has 1 atom stereocenters. The summed E-state index contributed by atoms with van der Waals surface area (Å²) in [6.45, 7) is 15.1. The predicted octanol–water partition coefficient (Wildman–Crippen LogP) is 6.00. The second-order valence-corrected chi connectivity index (χ2v) is 7.15. The van der Waals surface area contributed by atoms with Gasteiger partial charge in [-0.1, -0.05) is 12.0 Å². The molecule has 1 aromatic rings. The zero-order chi connectivity index (χ0) is 16.3. The molecule has 0 radical (unpaired) electrons. The Kier molecular flexibility index (Phi) is 5.72. The summed E-state index contributed by atoms with van der Waals surface area (Å²) in [7, 11) is 0. The zero-order valence-corrected chi connectivity index (χ0v) is 15.1. The number of ether oxygens (including phenoxy) is 1. The summed E-state index contributed by atoms with van der Waals surface area (Å²) in [5.41, 5.74) is 8.66. The summed E-state index contributed by atoms with van der Waals surface area (Å²) in [6, 6.07) is 0. The first-order valence-corrected chi connectivity index (χ1v) is 8.84. The van der Waals surface area contributed by atoms with E-state index in [0.29, 0.717) is 6.10 Å². The SMILES string of the molecule is C=C(C)CCCCCc1c(C)c(C)c2c(c1C)CCC(C)O2. The Morgan fingerprint density at radius 1 is 1.09 bits per heavy atom. The van der Waals surface area contributed by atoms with Gasteiger partial charge in [-0.25, -0.2) is 0 Å². The molecule has 1 nitrogen and oxygen atoms in total. The second kappa shape index (κ2) is 7.35.